The SMILES string of the molecule is CCN1CCCC1C1CCCN1C(=O)c1cc(C2CC2)on1. The average molecular weight is 303 g/mol. The van der Waals surface area contributed by atoms with Crippen molar-refractivity contribution >= 4 is 5.91 Å². The van der Waals surface area contributed by atoms with E-state index in [1.54, 1.807) is 0 Å². The Hall–Kier alpha value is -1.36. The van der Waals surface area contributed by atoms with Gasteiger partial charge in [-0.15, -0.1) is 0 Å². The van der Waals surface area contributed by atoms with E-state index >= 15 is 0 Å². The average Bonchev–Trinajstić information content (AvgIpc) is 3.01. The fourth-order valence-electron chi connectivity index (χ4n) is 4.22. The van der Waals surface area contributed by atoms with E-state index in [9.17, 15) is 4.79 Å². The van der Waals surface area contributed by atoms with Gasteiger partial charge in [0.15, 0.2) is 5.69 Å². The lowest BCUT2D eigenvalue weighted by atomic mass is 10.0. The smallest absolute Gasteiger partial charge is 0.276 e. The number of likely N-dealkylation sites (tertiary alicyclic amines) is 2. The van der Waals surface area contributed by atoms with Gasteiger partial charge in [0.25, 0.3) is 5.91 Å². The summed E-state index contributed by atoms with van der Waals surface area (Å²) in [5, 5.41) is 4.04. The van der Waals surface area contributed by atoms with Crippen molar-refractivity contribution in [3.8, 4) is 0 Å². The van der Waals surface area contributed by atoms with Gasteiger partial charge in [-0.2, -0.15) is 0 Å². The maximum absolute atomic E-state index is 12.9. The van der Waals surface area contributed by atoms with Crippen LogP contribution >= 0.6 is 0 Å². The normalized spacial score (nSPS) is 29.4. The third-order valence-corrected chi connectivity index (χ3v) is 5.55. The van der Waals surface area contributed by atoms with Gasteiger partial charge in [-0.1, -0.05) is 12.1 Å². The minimum absolute atomic E-state index is 0.0705. The van der Waals surface area contributed by atoms with E-state index in [0.717, 1.165) is 31.7 Å². The molecule has 1 aromatic rings. The molecule has 4 rings (SSSR count). The summed E-state index contributed by atoms with van der Waals surface area (Å²) < 4.78 is 5.36. The molecular weight excluding hydrogens is 278 g/mol. The summed E-state index contributed by atoms with van der Waals surface area (Å²) in [7, 11) is 0. The lowest BCUT2D eigenvalue weighted by molar-refractivity contribution is 0.0639. The van der Waals surface area contributed by atoms with Crippen molar-refractivity contribution in [1.82, 2.24) is 15.0 Å². The van der Waals surface area contributed by atoms with E-state index in [0.29, 0.717) is 23.7 Å². The summed E-state index contributed by atoms with van der Waals surface area (Å²) >= 11 is 0. The number of aromatic nitrogens is 1. The highest BCUT2D eigenvalue weighted by atomic mass is 16.5. The van der Waals surface area contributed by atoms with Gasteiger partial charge in [0, 0.05) is 30.6 Å². The largest absolute Gasteiger partial charge is 0.360 e. The molecule has 1 saturated carbocycles. The standard InChI is InChI=1S/C17H25N3O2/c1-2-19-9-3-5-14(19)15-6-4-10-20(15)17(21)13-11-16(22-18-13)12-7-8-12/h11-12,14-15H,2-10H2,1H3. The van der Waals surface area contributed by atoms with Crippen LogP contribution in [0.1, 0.15) is 67.6 Å². The Labute approximate surface area is 131 Å². The van der Waals surface area contributed by atoms with E-state index in [2.05, 4.69) is 21.9 Å². The lowest BCUT2D eigenvalue weighted by Crippen LogP contribution is -2.48. The lowest BCUT2D eigenvalue weighted by Gasteiger charge is -2.34. The Balaban J connectivity index is 1.50. The number of hydrogen-bond donors (Lipinski definition) is 0. The molecule has 2 unspecified atom stereocenters. The van der Waals surface area contributed by atoms with Gasteiger partial charge < -0.3 is 9.42 Å². The van der Waals surface area contributed by atoms with Crippen LogP contribution < -0.4 is 0 Å². The fraction of sp³-hybridized carbons (Fsp3) is 0.765. The van der Waals surface area contributed by atoms with Crippen molar-refractivity contribution in [3.63, 3.8) is 0 Å². The van der Waals surface area contributed by atoms with E-state index in [4.69, 9.17) is 4.52 Å². The zero-order valence-corrected chi connectivity index (χ0v) is 13.3. The van der Waals surface area contributed by atoms with Crippen LogP contribution in [0.5, 0.6) is 0 Å². The van der Waals surface area contributed by atoms with Crippen molar-refractivity contribution < 1.29 is 9.32 Å². The van der Waals surface area contributed by atoms with Gasteiger partial charge in [0.1, 0.15) is 5.76 Å². The van der Waals surface area contributed by atoms with Crippen molar-refractivity contribution in [3.05, 3.63) is 17.5 Å². The van der Waals surface area contributed by atoms with Gasteiger partial charge in [0.05, 0.1) is 0 Å². The molecule has 5 nitrogen and oxygen atoms in total. The second-order valence-electron chi connectivity index (χ2n) is 6.94. The molecule has 0 aromatic carbocycles. The summed E-state index contributed by atoms with van der Waals surface area (Å²) in [5.74, 6) is 1.48. The number of likely N-dealkylation sites (N-methyl/N-ethyl adjacent to an activating group) is 1. The quantitative estimate of drug-likeness (QED) is 0.858. The molecule has 1 amide bonds. The molecule has 22 heavy (non-hydrogen) atoms. The Bertz CT molecular complexity index is 552. The highest BCUT2D eigenvalue weighted by Crippen LogP contribution is 2.40. The first-order valence-corrected chi connectivity index (χ1v) is 8.79. The van der Waals surface area contributed by atoms with Crippen LogP contribution in [-0.4, -0.2) is 52.6 Å². The van der Waals surface area contributed by atoms with Crippen molar-refractivity contribution in [2.75, 3.05) is 19.6 Å². The van der Waals surface area contributed by atoms with E-state index in [-0.39, 0.29) is 5.91 Å². The molecule has 0 spiro atoms. The zero-order valence-electron chi connectivity index (χ0n) is 13.3. The van der Waals surface area contributed by atoms with Gasteiger partial charge in [-0.3, -0.25) is 9.69 Å². The van der Waals surface area contributed by atoms with Gasteiger partial charge in [-0.05, 0) is 51.6 Å². The molecule has 2 aliphatic heterocycles. The number of amides is 1. The van der Waals surface area contributed by atoms with Crippen LogP contribution in [0.15, 0.2) is 10.6 Å². The molecule has 2 atom stereocenters. The zero-order chi connectivity index (χ0) is 15.1. The topological polar surface area (TPSA) is 49.6 Å². The van der Waals surface area contributed by atoms with Crippen molar-refractivity contribution in [1.29, 1.82) is 0 Å². The van der Waals surface area contributed by atoms with E-state index in [1.807, 2.05) is 6.07 Å². The summed E-state index contributed by atoms with van der Waals surface area (Å²) in [5.41, 5.74) is 0.509. The first-order chi connectivity index (χ1) is 10.8. The van der Waals surface area contributed by atoms with Gasteiger partial charge in [0.2, 0.25) is 0 Å². The summed E-state index contributed by atoms with van der Waals surface area (Å²) in [4.78, 5) is 17.4. The molecule has 120 valence electrons. The molecular formula is C17H25N3O2. The number of hydrogen-bond acceptors (Lipinski definition) is 4. The molecule has 1 aliphatic carbocycles. The molecule has 3 heterocycles. The highest BCUT2D eigenvalue weighted by molar-refractivity contribution is 5.92. The first kappa shape index (κ1) is 14.2. The molecule has 3 fully saturated rings. The fourth-order valence-corrected chi connectivity index (χ4v) is 4.22. The second kappa shape index (κ2) is 5.69. The van der Waals surface area contributed by atoms with Gasteiger partial charge >= 0.3 is 0 Å². The van der Waals surface area contributed by atoms with Crippen LogP contribution in [0.25, 0.3) is 0 Å². The maximum atomic E-state index is 12.9. The molecule has 3 aliphatic rings. The Morgan fingerprint density at radius 1 is 1.23 bits per heavy atom. The van der Waals surface area contributed by atoms with E-state index < -0.39 is 0 Å². The predicted molar refractivity (Wildman–Crippen MR) is 82.8 cm³/mol. The molecule has 1 aromatic heterocycles. The number of rotatable bonds is 4. The molecule has 0 bridgehead atoms. The van der Waals surface area contributed by atoms with Crippen molar-refractivity contribution in [2.45, 2.75) is 63.5 Å². The van der Waals surface area contributed by atoms with E-state index in [1.165, 1.54) is 32.2 Å². The summed E-state index contributed by atoms with van der Waals surface area (Å²) in [6.45, 7) is 5.34. The second-order valence-corrected chi connectivity index (χ2v) is 6.94. The first-order valence-electron chi connectivity index (χ1n) is 8.79. The monoisotopic (exact) mass is 303 g/mol. The molecule has 0 radical (unpaired) electrons. The maximum Gasteiger partial charge on any atom is 0.276 e. The number of carbonyl (C=O) groups excluding carboxylic acids is 1. The van der Waals surface area contributed by atoms with Crippen LogP contribution in [0.3, 0.4) is 0 Å². The molecule has 5 heteroatoms. The third-order valence-electron chi connectivity index (χ3n) is 5.55. The Morgan fingerprint density at radius 3 is 2.77 bits per heavy atom. The third kappa shape index (κ3) is 2.45. The molecule has 2 saturated heterocycles. The van der Waals surface area contributed by atoms with Crippen LogP contribution in [0.4, 0.5) is 0 Å². The Kier molecular flexibility index (Phi) is 3.68. The minimum Gasteiger partial charge on any atom is -0.360 e. The number of carbonyl (C=O) groups is 1. The Morgan fingerprint density at radius 2 is 2.00 bits per heavy atom. The van der Waals surface area contributed by atoms with Crippen molar-refractivity contribution in [2.24, 2.45) is 0 Å². The summed E-state index contributed by atoms with van der Waals surface area (Å²) in [6.07, 6.45) is 7.05. The molecule has 0 N–H and O–H groups in total. The highest BCUT2D eigenvalue weighted by Gasteiger charge is 2.40. The minimum atomic E-state index is 0.0705. The van der Waals surface area contributed by atoms with Crippen LogP contribution in [-0.2, 0) is 0 Å². The van der Waals surface area contributed by atoms with Crippen LogP contribution in [0, 0.1) is 0 Å². The van der Waals surface area contributed by atoms with Crippen LogP contribution in [0.2, 0.25) is 0 Å². The predicted octanol–water partition coefficient (Wildman–Crippen LogP) is 2.64. The summed E-state index contributed by atoms with van der Waals surface area (Å²) in [6, 6.07) is 2.77. The number of nitrogens with zero attached hydrogens (tertiary/aromatic N) is 3. The van der Waals surface area contributed by atoms with Gasteiger partial charge in [-0.25, -0.2) is 0 Å².